The van der Waals surface area contributed by atoms with Crippen LogP contribution in [0, 0.1) is 15.5 Å². The third-order valence-electron chi connectivity index (χ3n) is 2.89. The van der Waals surface area contributed by atoms with Gasteiger partial charge in [-0.15, -0.1) is 0 Å². The molecule has 18 heavy (non-hydrogen) atoms. The van der Waals surface area contributed by atoms with Crippen molar-refractivity contribution in [3.63, 3.8) is 0 Å². The highest BCUT2D eigenvalue weighted by molar-refractivity contribution is 9.10. The summed E-state index contributed by atoms with van der Waals surface area (Å²) in [6, 6.07) is 1.17. The zero-order valence-electron chi connectivity index (χ0n) is 9.34. The van der Waals surface area contributed by atoms with E-state index in [4.69, 9.17) is 4.74 Å². The van der Waals surface area contributed by atoms with Crippen LogP contribution >= 0.6 is 15.9 Å². The summed E-state index contributed by atoms with van der Waals surface area (Å²) >= 11 is 3.13. The van der Waals surface area contributed by atoms with Gasteiger partial charge in [0.25, 0.3) is 0 Å². The highest BCUT2D eigenvalue weighted by atomic mass is 79.9. The van der Waals surface area contributed by atoms with Crippen molar-refractivity contribution < 1.29 is 14.8 Å². The number of aliphatic hydroxyl groups excluding tert-OH is 1. The van der Waals surface area contributed by atoms with E-state index >= 15 is 0 Å². The second-order valence-electron chi connectivity index (χ2n) is 4.38. The predicted octanol–water partition coefficient (Wildman–Crippen LogP) is 0.528. The fourth-order valence-electron chi connectivity index (χ4n) is 1.82. The molecule has 2 rings (SSSR count). The molecule has 8 heteroatoms. The summed E-state index contributed by atoms with van der Waals surface area (Å²) in [6.45, 7) is 0.759. The Morgan fingerprint density at radius 3 is 2.72 bits per heavy atom. The van der Waals surface area contributed by atoms with Crippen molar-refractivity contribution in [2.45, 2.75) is 6.54 Å². The number of nitrogens with zero attached hydrogens (tertiary/aromatic N) is 2. The van der Waals surface area contributed by atoms with Gasteiger partial charge in [-0.2, -0.15) is 0 Å². The van der Waals surface area contributed by atoms with Crippen LogP contribution in [0.25, 0.3) is 0 Å². The van der Waals surface area contributed by atoms with Gasteiger partial charge in [0.2, 0.25) is 0 Å². The third-order valence-corrected chi connectivity index (χ3v) is 3.32. The molecule has 1 N–H and O–H groups in total. The summed E-state index contributed by atoms with van der Waals surface area (Å²) in [7, 11) is 0. The molecule has 0 unspecified atom stereocenters. The zero-order chi connectivity index (χ0) is 13.3. The molecule has 1 aromatic heterocycles. The number of halogens is 1. The number of aliphatic hydroxyl groups is 1. The average molecular weight is 319 g/mol. The minimum atomic E-state index is -0.716. The highest BCUT2D eigenvalue weighted by Gasteiger charge is 2.39. The molecule has 98 valence electrons. The molecule has 0 aliphatic carbocycles. The SMILES string of the molecule is O=c1c([N+](=O)[O-])cc(Br)cn1CC1(CO)COC1. The van der Waals surface area contributed by atoms with Gasteiger partial charge in [0, 0.05) is 23.3 Å². The lowest BCUT2D eigenvalue weighted by atomic mass is 9.87. The maximum atomic E-state index is 11.9. The molecule has 0 bridgehead atoms. The number of pyridine rings is 1. The van der Waals surface area contributed by atoms with Crippen LogP contribution in [0.2, 0.25) is 0 Å². The summed E-state index contributed by atoms with van der Waals surface area (Å²) < 4.78 is 6.71. The maximum Gasteiger partial charge on any atom is 0.335 e. The molecule has 0 radical (unpaired) electrons. The quantitative estimate of drug-likeness (QED) is 0.645. The van der Waals surface area contributed by atoms with Gasteiger partial charge in [-0.25, -0.2) is 0 Å². The van der Waals surface area contributed by atoms with E-state index in [9.17, 15) is 20.0 Å². The Balaban J connectivity index is 2.39. The minimum Gasteiger partial charge on any atom is -0.396 e. The lowest BCUT2D eigenvalue weighted by molar-refractivity contribution is -0.386. The summed E-state index contributed by atoms with van der Waals surface area (Å²) in [4.78, 5) is 21.9. The number of nitro groups is 1. The van der Waals surface area contributed by atoms with Gasteiger partial charge >= 0.3 is 11.2 Å². The molecule has 0 spiro atoms. The molecule has 1 saturated heterocycles. The first-order valence-electron chi connectivity index (χ1n) is 5.20. The first-order valence-corrected chi connectivity index (χ1v) is 6.00. The van der Waals surface area contributed by atoms with E-state index in [0.717, 1.165) is 0 Å². The molecule has 2 heterocycles. The lowest BCUT2D eigenvalue weighted by Crippen LogP contribution is -2.50. The van der Waals surface area contributed by atoms with Crippen LogP contribution in [0.1, 0.15) is 0 Å². The largest absolute Gasteiger partial charge is 0.396 e. The van der Waals surface area contributed by atoms with Crippen molar-refractivity contribution in [1.29, 1.82) is 0 Å². The van der Waals surface area contributed by atoms with Crippen molar-refractivity contribution >= 4 is 21.6 Å². The molecule has 0 aromatic carbocycles. The topological polar surface area (TPSA) is 94.6 Å². The molecule has 1 aliphatic heterocycles. The molecule has 1 aliphatic rings. The Morgan fingerprint density at radius 2 is 2.28 bits per heavy atom. The number of hydrogen-bond acceptors (Lipinski definition) is 5. The van der Waals surface area contributed by atoms with Crippen molar-refractivity contribution in [3.8, 4) is 0 Å². The summed E-state index contributed by atoms with van der Waals surface area (Å²) in [5, 5.41) is 20.0. The first-order chi connectivity index (χ1) is 8.47. The molecular weight excluding hydrogens is 308 g/mol. The van der Waals surface area contributed by atoms with Crippen molar-refractivity contribution in [3.05, 3.63) is 37.2 Å². The van der Waals surface area contributed by atoms with Crippen molar-refractivity contribution in [1.82, 2.24) is 4.57 Å². The van der Waals surface area contributed by atoms with Gasteiger partial charge in [-0.3, -0.25) is 14.9 Å². The summed E-state index contributed by atoms with van der Waals surface area (Å²) in [5.41, 5.74) is -1.68. The van der Waals surface area contributed by atoms with Gasteiger partial charge in [0.1, 0.15) is 0 Å². The van der Waals surface area contributed by atoms with Crippen molar-refractivity contribution in [2.24, 2.45) is 5.41 Å². The molecule has 0 atom stereocenters. The van der Waals surface area contributed by atoms with Gasteiger partial charge < -0.3 is 14.4 Å². The van der Waals surface area contributed by atoms with Crippen LogP contribution in [0.3, 0.4) is 0 Å². The second-order valence-corrected chi connectivity index (χ2v) is 5.30. The van der Waals surface area contributed by atoms with E-state index in [0.29, 0.717) is 17.7 Å². The third kappa shape index (κ3) is 2.31. The summed E-state index contributed by atoms with van der Waals surface area (Å²) in [6.07, 6.45) is 1.48. The molecule has 7 nitrogen and oxygen atoms in total. The smallest absolute Gasteiger partial charge is 0.335 e. The Labute approximate surface area is 110 Å². The van der Waals surface area contributed by atoms with E-state index in [1.807, 2.05) is 0 Å². The molecule has 1 aromatic rings. The van der Waals surface area contributed by atoms with E-state index in [1.165, 1.54) is 16.8 Å². The number of aromatic nitrogens is 1. The minimum absolute atomic E-state index is 0.125. The van der Waals surface area contributed by atoms with Crippen LogP contribution in [-0.4, -0.2) is 34.4 Å². The monoisotopic (exact) mass is 318 g/mol. The van der Waals surface area contributed by atoms with E-state index in [2.05, 4.69) is 15.9 Å². The summed E-state index contributed by atoms with van der Waals surface area (Å²) in [5.74, 6) is 0. The van der Waals surface area contributed by atoms with E-state index in [-0.39, 0.29) is 13.2 Å². The van der Waals surface area contributed by atoms with Gasteiger partial charge in [0.05, 0.1) is 30.2 Å². The zero-order valence-corrected chi connectivity index (χ0v) is 10.9. The Bertz CT molecular complexity index is 532. The fraction of sp³-hybridized carbons (Fsp3) is 0.500. The number of ether oxygens (including phenoxy) is 1. The van der Waals surface area contributed by atoms with Crippen LogP contribution in [0.5, 0.6) is 0 Å². The van der Waals surface area contributed by atoms with E-state index < -0.39 is 21.6 Å². The Kier molecular flexibility index (Phi) is 3.51. The first kappa shape index (κ1) is 13.2. The predicted molar refractivity (Wildman–Crippen MR) is 65.4 cm³/mol. The molecular formula is C10H11BrN2O5. The molecule has 1 fully saturated rings. The van der Waals surface area contributed by atoms with Crippen LogP contribution in [-0.2, 0) is 11.3 Å². The maximum absolute atomic E-state index is 11.9. The van der Waals surface area contributed by atoms with Gasteiger partial charge in [-0.05, 0) is 15.9 Å². The number of rotatable bonds is 4. The van der Waals surface area contributed by atoms with Crippen LogP contribution in [0.15, 0.2) is 21.5 Å². The molecule has 0 amide bonds. The Hall–Kier alpha value is -1.25. The van der Waals surface area contributed by atoms with E-state index in [1.54, 1.807) is 0 Å². The normalized spacial score (nSPS) is 17.2. The molecule has 0 saturated carbocycles. The van der Waals surface area contributed by atoms with Gasteiger partial charge in [0.15, 0.2) is 0 Å². The van der Waals surface area contributed by atoms with Crippen LogP contribution in [0.4, 0.5) is 5.69 Å². The Morgan fingerprint density at radius 1 is 1.61 bits per heavy atom. The van der Waals surface area contributed by atoms with Crippen LogP contribution < -0.4 is 5.56 Å². The lowest BCUT2D eigenvalue weighted by Gasteiger charge is -2.40. The fourth-order valence-corrected chi connectivity index (χ4v) is 2.28. The number of hydrogen-bond donors (Lipinski definition) is 1. The van der Waals surface area contributed by atoms with Crippen molar-refractivity contribution in [2.75, 3.05) is 19.8 Å². The second kappa shape index (κ2) is 4.79. The standard InChI is InChI=1S/C10H11BrN2O5/c11-7-1-8(13(16)17)9(15)12(2-7)3-10(4-14)5-18-6-10/h1-2,14H,3-6H2. The average Bonchev–Trinajstić information content (AvgIpc) is 2.27. The highest BCUT2D eigenvalue weighted by Crippen LogP contribution is 2.29. The van der Waals surface area contributed by atoms with Gasteiger partial charge in [-0.1, -0.05) is 0 Å².